The molecule has 5 atom stereocenters. The Morgan fingerprint density at radius 2 is 1.89 bits per heavy atom. The average Bonchev–Trinajstić information content (AvgIpc) is 2.85. The molecule has 2 N–H and O–H groups in total. The summed E-state index contributed by atoms with van der Waals surface area (Å²) in [6.07, 6.45) is 4.44. The zero-order valence-corrected chi connectivity index (χ0v) is 11.8. The molecule has 2 nitrogen and oxygen atoms in total. The van der Waals surface area contributed by atoms with Crippen molar-refractivity contribution in [2.75, 3.05) is 7.11 Å². The van der Waals surface area contributed by atoms with E-state index < -0.39 is 0 Å². The van der Waals surface area contributed by atoms with E-state index in [1.165, 1.54) is 30.4 Å². The van der Waals surface area contributed by atoms with Gasteiger partial charge in [0, 0.05) is 6.04 Å². The third-order valence-corrected chi connectivity index (χ3v) is 6.01. The van der Waals surface area contributed by atoms with Gasteiger partial charge in [-0.25, -0.2) is 0 Å². The molecule has 102 valence electrons. The second-order valence-electron chi connectivity index (χ2n) is 6.82. The number of hydrogen-bond donors (Lipinski definition) is 1. The van der Waals surface area contributed by atoms with Crippen LogP contribution in [0.4, 0.5) is 0 Å². The predicted molar refractivity (Wildman–Crippen MR) is 76.0 cm³/mol. The van der Waals surface area contributed by atoms with Crippen molar-refractivity contribution in [3.05, 3.63) is 29.3 Å². The topological polar surface area (TPSA) is 35.2 Å². The van der Waals surface area contributed by atoms with Crippen molar-refractivity contribution < 1.29 is 4.74 Å². The van der Waals surface area contributed by atoms with Crippen molar-refractivity contribution in [1.29, 1.82) is 0 Å². The number of hydrogen-bond acceptors (Lipinski definition) is 2. The van der Waals surface area contributed by atoms with Crippen molar-refractivity contribution in [2.24, 2.45) is 35.3 Å². The molecule has 0 aromatic heterocycles. The predicted octanol–water partition coefficient (Wildman–Crippen LogP) is 3.30. The Labute approximate surface area is 115 Å². The van der Waals surface area contributed by atoms with Gasteiger partial charge in [0.2, 0.25) is 0 Å². The van der Waals surface area contributed by atoms with Crippen LogP contribution in [-0.2, 0) is 0 Å². The van der Waals surface area contributed by atoms with Crippen molar-refractivity contribution >= 4 is 0 Å². The van der Waals surface area contributed by atoms with E-state index in [-0.39, 0.29) is 6.04 Å². The van der Waals surface area contributed by atoms with E-state index in [1.807, 2.05) is 0 Å². The summed E-state index contributed by atoms with van der Waals surface area (Å²) in [5, 5.41) is 0. The van der Waals surface area contributed by atoms with Gasteiger partial charge in [-0.15, -0.1) is 0 Å². The number of ether oxygens (including phenoxy) is 1. The van der Waals surface area contributed by atoms with E-state index in [1.54, 1.807) is 7.11 Å². The van der Waals surface area contributed by atoms with E-state index in [2.05, 4.69) is 25.1 Å². The second kappa shape index (κ2) is 3.99. The lowest BCUT2D eigenvalue weighted by atomic mass is 9.93. The maximum absolute atomic E-state index is 6.56. The average molecular weight is 257 g/mol. The maximum Gasteiger partial charge on any atom is 0.121 e. The van der Waals surface area contributed by atoms with Crippen LogP contribution in [0, 0.1) is 36.5 Å². The molecule has 0 amide bonds. The summed E-state index contributed by atoms with van der Waals surface area (Å²) >= 11 is 0. The normalized spacial score (nSPS) is 40.1. The van der Waals surface area contributed by atoms with Crippen molar-refractivity contribution in [3.8, 4) is 5.75 Å². The zero-order chi connectivity index (χ0) is 13.1. The molecule has 1 aromatic carbocycles. The minimum atomic E-state index is 0.239. The van der Waals surface area contributed by atoms with Crippen LogP contribution in [0.2, 0.25) is 0 Å². The molecule has 5 unspecified atom stereocenters. The molecular formula is C17H23NO. The fourth-order valence-electron chi connectivity index (χ4n) is 5.20. The van der Waals surface area contributed by atoms with E-state index in [9.17, 15) is 0 Å². The summed E-state index contributed by atoms with van der Waals surface area (Å²) < 4.78 is 5.33. The van der Waals surface area contributed by atoms with Crippen LogP contribution in [0.5, 0.6) is 5.75 Å². The molecule has 3 saturated carbocycles. The highest BCUT2D eigenvalue weighted by molar-refractivity contribution is 5.38. The van der Waals surface area contributed by atoms with Crippen LogP contribution < -0.4 is 10.5 Å². The number of rotatable bonds is 3. The van der Waals surface area contributed by atoms with Crippen LogP contribution in [0.25, 0.3) is 0 Å². The lowest BCUT2D eigenvalue weighted by Crippen LogP contribution is -2.17. The Morgan fingerprint density at radius 1 is 1.21 bits per heavy atom. The third kappa shape index (κ3) is 1.59. The molecule has 2 bridgehead atoms. The second-order valence-corrected chi connectivity index (χ2v) is 6.82. The van der Waals surface area contributed by atoms with E-state index in [4.69, 9.17) is 10.5 Å². The monoisotopic (exact) mass is 257 g/mol. The SMILES string of the molecule is COc1ccc(C(N)C2C3C4CCC(C4)C32)cc1C. The van der Waals surface area contributed by atoms with Gasteiger partial charge in [-0.05, 0) is 73.0 Å². The van der Waals surface area contributed by atoms with Crippen molar-refractivity contribution in [1.82, 2.24) is 0 Å². The van der Waals surface area contributed by atoms with E-state index in [0.717, 1.165) is 35.3 Å². The van der Waals surface area contributed by atoms with Gasteiger partial charge in [0.25, 0.3) is 0 Å². The first kappa shape index (κ1) is 11.8. The number of nitrogens with two attached hydrogens (primary N) is 1. The molecule has 0 heterocycles. The first-order valence-electron chi connectivity index (χ1n) is 7.61. The summed E-state index contributed by atoms with van der Waals surface area (Å²) in [5.41, 5.74) is 9.06. The molecule has 3 fully saturated rings. The number of aryl methyl sites for hydroxylation is 1. The Kier molecular flexibility index (Phi) is 2.47. The van der Waals surface area contributed by atoms with Gasteiger partial charge in [-0.1, -0.05) is 12.1 Å². The Balaban J connectivity index is 1.56. The molecule has 0 aliphatic heterocycles. The standard InChI is InChI=1S/C17H23NO/c1-9-7-12(5-6-13(9)19-2)17(18)16-14-10-3-4-11(8-10)15(14)16/h5-7,10-11,14-17H,3-4,8,18H2,1-2H3. The van der Waals surface area contributed by atoms with Crippen LogP contribution in [0.15, 0.2) is 18.2 Å². The summed E-state index contributed by atoms with van der Waals surface area (Å²) in [5.74, 6) is 5.65. The highest BCUT2D eigenvalue weighted by atomic mass is 16.5. The lowest BCUT2D eigenvalue weighted by molar-refractivity contribution is 0.408. The van der Waals surface area contributed by atoms with Crippen LogP contribution >= 0.6 is 0 Å². The smallest absolute Gasteiger partial charge is 0.121 e. The van der Waals surface area contributed by atoms with Gasteiger partial charge < -0.3 is 10.5 Å². The molecular weight excluding hydrogens is 234 g/mol. The molecule has 0 saturated heterocycles. The summed E-state index contributed by atoms with van der Waals surface area (Å²) in [7, 11) is 1.73. The zero-order valence-electron chi connectivity index (χ0n) is 11.8. The third-order valence-electron chi connectivity index (χ3n) is 6.01. The molecule has 2 heteroatoms. The van der Waals surface area contributed by atoms with E-state index in [0.29, 0.717) is 0 Å². The van der Waals surface area contributed by atoms with Crippen molar-refractivity contribution in [3.63, 3.8) is 0 Å². The molecule has 0 radical (unpaired) electrons. The molecule has 19 heavy (non-hydrogen) atoms. The van der Waals surface area contributed by atoms with Gasteiger partial charge in [0.05, 0.1) is 7.11 Å². The molecule has 4 rings (SSSR count). The highest BCUT2D eigenvalue weighted by Crippen LogP contribution is 2.71. The quantitative estimate of drug-likeness (QED) is 0.901. The Bertz CT molecular complexity index is 496. The van der Waals surface area contributed by atoms with Gasteiger partial charge in [-0.2, -0.15) is 0 Å². The first-order chi connectivity index (χ1) is 9.20. The molecule has 3 aliphatic rings. The molecule has 1 aromatic rings. The lowest BCUT2D eigenvalue weighted by Gasteiger charge is -2.18. The van der Waals surface area contributed by atoms with Crippen LogP contribution in [0.1, 0.15) is 36.4 Å². The van der Waals surface area contributed by atoms with Crippen LogP contribution in [-0.4, -0.2) is 7.11 Å². The van der Waals surface area contributed by atoms with Gasteiger partial charge in [0.1, 0.15) is 5.75 Å². The highest BCUT2D eigenvalue weighted by Gasteiger charge is 2.66. The summed E-state index contributed by atoms with van der Waals surface area (Å²) in [6, 6.07) is 6.69. The number of fused-ring (bicyclic) bond motifs is 5. The Morgan fingerprint density at radius 3 is 2.47 bits per heavy atom. The Hall–Kier alpha value is -1.02. The number of benzene rings is 1. The first-order valence-corrected chi connectivity index (χ1v) is 7.61. The molecule has 3 aliphatic carbocycles. The van der Waals surface area contributed by atoms with E-state index >= 15 is 0 Å². The number of methoxy groups -OCH3 is 1. The van der Waals surface area contributed by atoms with Crippen molar-refractivity contribution in [2.45, 2.75) is 32.2 Å². The minimum Gasteiger partial charge on any atom is -0.496 e. The fraction of sp³-hybridized carbons (Fsp3) is 0.647. The molecule has 0 spiro atoms. The van der Waals surface area contributed by atoms with Gasteiger partial charge in [0.15, 0.2) is 0 Å². The van der Waals surface area contributed by atoms with Gasteiger partial charge >= 0.3 is 0 Å². The maximum atomic E-state index is 6.56. The minimum absolute atomic E-state index is 0.239. The summed E-state index contributed by atoms with van der Waals surface area (Å²) in [4.78, 5) is 0. The largest absolute Gasteiger partial charge is 0.496 e. The summed E-state index contributed by atoms with van der Waals surface area (Å²) in [6.45, 7) is 2.10. The van der Waals surface area contributed by atoms with Gasteiger partial charge in [-0.3, -0.25) is 0 Å². The van der Waals surface area contributed by atoms with Crippen LogP contribution in [0.3, 0.4) is 0 Å². The fourth-order valence-corrected chi connectivity index (χ4v) is 5.20.